The summed E-state index contributed by atoms with van der Waals surface area (Å²) < 4.78 is 47.4. The molecule has 2 aliphatic rings. The first-order valence-corrected chi connectivity index (χ1v) is 11.2. The first-order chi connectivity index (χ1) is 16.4. The predicted octanol–water partition coefficient (Wildman–Crippen LogP) is 5.10. The summed E-state index contributed by atoms with van der Waals surface area (Å²) in [4.78, 5) is 39.2. The lowest BCUT2D eigenvalue weighted by atomic mass is 9.80. The largest absolute Gasteiger partial charge is 0.444 e. The molecule has 2 atom stereocenters. The number of imide groups is 1. The van der Waals surface area contributed by atoms with Gasteiger partial charge in [-0.3, -0.25) is 14.5 Å². The second-order valence-electron chi connectivity index (χ2n) is 9.69. The van der Waals surface area contributed by atoms with E-state index < -0.39 is 52.9 Å². The average molecular weight is 486 g/mol. The van der Waals surface area contributed by atoms with Gasteiger partial charge in [-0.15, -0.1) is 0 Å². The molecule has 0 radical (unpaired) electrons. The number of rotatable bonds is 4. The van der Waals surface area contributed by atoms with Gasteiger partial charge < -0.3 is 10.1 Å². The third kappa shape index (κ3) is 5.08. The number of benzene rings is 2. The molecule has 4 rings (SSSR count). The van der Waals surface area contributed by atoms with Crippen molar-refractivity contribution in [3.63, 3.8) is 0 Å². The van der Waals surface area contributed by atoms with E-state index in [1.54, 1.807) is 51.1 Å². The molecule has 1 heterocycles. The van der Waals surface area contributed by atoms with Gasteiger partial charge in [0.2, 0.25) is 0 Å². The van der Waals surface area contributed by atoms with E-state index in [1.807, 2.05) is 0 Å². The number of halogens is 3. The monoisotopic (exact) mass is 486 g/mol. The second kappa shape index (κ2) is 9.20. The van der Waals surface area contributed by atoms with Gasteiger partial charge in [-0.05, 0) is 57.4 Å². The smallest absolute Gasteiger partial charge is 0.407 e. The maximum atomic E-state index is 14.6. The molecule has 0 aromatic heterocycles. The number of hydrogen-bond donors (Lipinski definition) is 1. The standard InChI is InChI=1S/C26H25F3N2O4/c1-26(2,3)35-25(34)30-22-10-14(8-9-15(22)18-11-20(28)21(29)12-19(18)27)13-31-23(32)16-6-4-5-7-17(16)24(31)33/h4-8,11-12,15,22H,9-10,13H2,1-3H3,(H,30,34)/t15-,22+/m1/s1. The fourth-order valence-corrected chi connectivity index (χ4v) is 4.46. The van der Waals surface area contributed by atoms with Gasteiger partial charge in [0.1, 0.15) is 11.4 Å². The summed E-state index contributed by atoms with van der Waals surface area (Å²) in [6.45, 7) is 5.06. The van der Waals surface area contributed by atoms with Gasteiger partial charge in [0, 0.05) is 18.0 Å². The normalized spacial score (nSPS) is 19.9. The molecule has 35 heavy (non-hydrogen) atoms. The highest BCUT2D eigenvalue weighted by molar-refractivity contribution is 6.21. The lowest BCUT2D eigenvalue weighted by Crippen LogP contribution is -2.44. The summed E-state index contributed by atoms with van der Waals surface area (Å²) in [5.41, 5.74) is 0.430. The highest BCUT2D eigenvalue weighted by Gasteiger charge is 2.38. The van der Waals surface area contributed by atoms with Crippen LogP contribution in [0.4, 0.5) is 18.0 Å². The second-order valence-corrected chi connectivity index (χ2v) is 9.69. The van der Waals surface area contributed by atoms with Crippen LogP contribution in [0.1, 0.15) is 65.8 Å². The van der Waals surface area contributed by atoms with Crippen molar-refractivity contribution in [1.82, 2.24) is 10.2 Å². The van der Waals surface area contributed by atoms with E-state index in [2.05, 4.69) is 5.32 Å². The Balaban J connectivity index is 1.60. The zero-order chi connectivity index (χ0) is 25.5. The minimum atomic E-state index is -1.31. The Hall–Kier alpha value is -3.62. The molecule has 6 nitrogen and oxygen atoms in total. The van der Waals surface area contributed by atoms with Gasteiger partial charge in [-0.1, -0.05) is 23.8 Å². The van der Waals surface area contributed by atoms with Crippen molar-refractivity contribution in [1.29, 1.82) is 0 Å². The van der Waals surface area contributed by atoms with Gasteiger partial charge in [-0.25, -0.2) is 18.0 Å². The molecule has 1 aliphatic carbocycles. The third-order valence-electron chi connectivity index (χ3n) is 6.01. The number of carbonyl (C=O) groups is 3. The van der Waals surface area contributed by atoms with Crippen molar-refractivity contribution >= 4 is 17.9 Å². The van der Waals surface area contributed by atoms with Crippen molar-refractivity contribution in [2.45, 2.75) is 51.2 Å². The molecular weight excluding hydrogens is 461 g/mol. The summed E-state index contributed by atoms with van der Waals surface area (Å²) >= 11 is 0. The molecule has 0 fully saturated rings. The summed E-state index contributed by atoms with van der Waals surface area (Å²) in [6, 6.07) is 7.04. The van der Waals surface area contributed by atoms with Crippen LogP contribution in [-0.4, -0.2) is 41.0 Å². The van der Waals surface area contributed by atoms with Crippen LogP contribution in [0.15, 0.2) is 48.0 Å². The number of hydrogen-bond acceptors (Lipinski definition) is 4. The summed E-state index contributed by atoms with van der Waals surface area (Å²) in [6.07, 6.45) is 1.30. The number of amides is 3. The molecule has 0 saturated heterocycles. The summed E-state index contributed by atoms with van der Waals surface area (Å²) in [7, 11) is 0. The molecule has 0 saturated carbocycles. The number of fused-ring (bicyclic) bond motifs is 1. The molecule has 2 aromatic rings. The Morgan fingerprint density at radius 2 is 1.63 bits per heavy atom. The van der Waals surface area contributed by atoms with Crippen LogP contribution in [0.3, 0.4) is 0 Å². The number of nitrogens with zero attached hydrogens (tertiary/aromatic N) is 1. The minimum absolute atomic E-state index is 0.00811. The van der Waals surface area contributed by atoms with Crippen LogP contribution in [0.5, 0.6) is 0 Å². The molecule has 0 bridgehead atoms. The molecule has 1 N–H and O–H groups in total. The maximum absolute atomic E-state index is 14.6. The fourth-order valence-electron chi connectivity index (χ4n) is 4.46. The maximum Gasteiger partial charge on any atom is 0.407 e. The van der Waals surface area contributed by atoms with Crippen molar-refractivity contribution in [3.05, 3.63) is 82.2 Å². The van der Waals surface area contributed by atoms with Gasteiger partial charge in [-0.2, -0.15) is 0 Å². The lowest BCUT2D eigenvalue weighted by molar-refractivity contribution is 0.0489. The molecule has 9 heteroatoms. The van der Waals surface area contributed by atoms with E-state index in [9.17, 15) is 27.6 Å². The van der Waals surface area contributed by atoms with E-state index >= 15 is 0 Å². The Morgan fingerprint density at radius 1 is 1.03 bits per heavy atom. The molecule has 0 spiro atoms. The first-order valence-electron chi connectivity index (χ1n) is 11.2. The highest BCUT2D eigenvalue weighted by atomic mass is 19.2. The van der Waals surface area contributed by atoms with E-state index in [0.29, 0.717) is 22.8 Å². The topological polar surface area (TPSA) is 75.7 Å². The SMILES string of the molecule is CC(C)(C)OC(=O)N[C@H]1CC(CN2C(=O)c3ccccc3C2=O)=CC[C@@H]1c1cc(F)c(F)cc1F. The van der Waals surface area contributed by atoms with E-state index in [1.165, 1.54) is 0 Å². The van der Waals surface area contributed by atoms with Crippen molar-refractivity contribution in [2.24, 2.45) is 0 Å². The summed E-state index contributed by atoms with van der Waals surface area (Å²) in [5, 5.41) is 2.71. The van der Waals surface area contributed by atoms with Gasteiger partial charge in [0.05, 0.1) is 17.7 Å². The molecule has 184 valence electrons. The zero-order valence-electron chi connectivity index (χ0n) is 19.5. The van der Waals surface area contributed by atoms with E-state index in [0.717, 1.165) is 11.0 Å². The van der Waals surface area contributed by atoms with Gasteiger partial charge >= 0.3 is 6.09 Å². The minimum Gasteiger partial charge on any atom is -0.444 e. The van der Waals surface area contributed by atoms with Crippen LogP contribution in [0.2, 0.25) is 0 Å². The van der Waals surface area contributed by atoms with E-state index in [4.69, 9.17) is 4.74 Å². The number of ether oxygens (including phenoxy) is 1. The molecule has 3 amide bonds. The number of nitrogens with one attached hydrogen (secondary N) is 1. The molecule has 2 aromatic carbocycles. The van der Waals surface area contributed by atoms with Crippen molar-refractivity contribution in [2.75, 3.05) is 6.54 Å². The number of carbonyl (C=O) groups excluding carboxylic acids is 3. The quantitative estimate of drug-likeness (QED) is 0.371. The molecule has 0 unspecified atom stereocenters. The Morgan fingerprint density at radius 3 is 2.23 bits per heavy atom. The highest BCUT2D eigenvalue weighted by Crippen LogP contribution is 2.36. The summed E-state index contributed by atoms with van der Waals surface area (Å²) in [5.74, 6) is -4.99. The lowest BCUT2D eigenvalue weighted by Gasteiger charge is -2.34. The van der Waals surface area contributed by atoms with Crippen LogP contribution in [-0.2, 0) is 4.74 Å². The van der Waals surface area contributed by atoms with Gasteiger partial charge in [0.25, 0.3) is 11.8 Å². The van der Waals surface area contributed by atoms with Crippen LogP contribution in [0, 0.1) is 17.5 Å². The van der Waals surface area contributed by atoms with Crippen LogP contribution in [0.25, 0.3) is 0 Å². The third-order valence-corrected chi connectivity index (χ3v) is 6.01. The average Bonchev–Trinajstić information content (AvgIpc) is 3.00. The number of alkyl carbamates (subject to hydrolysis) is 1. The Labute approximate surface area is 200 Å². The van der Waals surface area contributed by atoms with Gasteiger partial charge in [0.15, 0.2) is 11.6 Å². The Bertz CT molecular complexity index is 1200. The van der Waals surface area contributed by atoms with Crippen molar-refractivity contribution in [3.8, 4) is 0 Å². The van der Waals surface area contributed by atoms with Crippen LogP contribution >= 0.6 is 0 Å². The fraction of sp³-hybridized carbons (Fsp3) is 0.346. The zero-order valence-corrected chi connectivity index (χ0v) is 19.5. The predicted molar refractivity (Wildman–Crippen MR) is 121 cm³/mol. The number of allylic oxidation sites excluding steroid dienone is 1. The van der Waals surface area contributed by atoms with Crippen molar-refractivity contribution < 1.29 is 32.3 Å². The van der Waals surface area contributed by atoms with Crippen LogP contribution < -0.4 is 5.32 Å². The Kier molecular flexibility index (Phi) is 6.44. The first kappa shape index (κ1) is 24.5. The molecular formula is C26H25F3N2O4. The van der Waals surface area contributed by atoms with E-state index in [-0.39, 0.29) is 24.9 Å². The molecule has 1 aliphatic heterocycles.